The molecule has 0 aliphatic rings. The van der Waals surface area contributed by atoms with Crippen LogP contribution in [0.5, 0.6) is 0 Å². The summed E-state index contributed by atoms with van der Waals surface area (Å²) in [6, 6.07) is 4.26. The SMILES string of the molecule is Cc1ccc(NC(=O)NC(C)(C)C)cc1F. The first-order chi connectivity index (χ1) is 7.28. The van der Waals surface area contributed by atoms with Crippen LogP contribution in [0.1, 0.15) is 26.3 Å². The lowest BCUT2D eigenvalue weighted by Crippen LogP contribution is -2.43. The van der Waals surface area contributed by atoms with E-state index in [1.54, 1.807) is 19.1 Å². The molecule has 0 unspecified atom stereocenters. The molecule has 1 aromatic rings. The Morgan fingerprint density at radius 2 is 1.94 bits per heavy atom. The minimum Gasteiger partial charge on any atom is -0.333 e. The third kappa shape index (κ3) is 3.88. The van der Waals surface area contributed by atoms with E-state index in [0.717, 1.165) is 0 Å². The quantitative estimate of drug-likeness (QED) is 0.756. The number of benzene rings is 1. The maximum atomic E-state index is 13.2. The van der Waals surface area contributed by atoms with E-state index >= 15 is 0 Å². The molecule has 88 valence electrons. The molecule has 1 rings (SSSR count). The number of anilines is 1. The minimum absolute atomic E-state index is 0.312. The largest absolute Gasteiger partial charge is 0.333 e. The lowest BCUT2D eigenvalue weighted by Gasteiger charge is -2.20. The molecule has 0 radical (unpaired) electrons. The van der Waals surface area contributed by atoms with Crippen LogP contribution in [0.3, 0.4) is 0 Å². The van der Waals surface area contributed by atoms with E-state index in [9.17, 15) is 9.18 Å². The molecule has 0 spiro atoms. The Kier molecular flexibility index (Phi) is 3.52. The first-order valence-corrected chi connectivity index (χ1v) is 5.13. The van der Waals surface area contributed by atoms with Gasteiger partial charge in [-0.2, -0.15) is 0 Å². The number of carbonyl (C=O) groups is 1. The van der Waals surface area contributed by atoms with Gasteiger partial charge in [-0.1, -0.05) is 6.07 Å². The average Bonchev–Trinajstić information content (AvgIpc) is 2.08. The Labute approximate surface area is 95.0 Å². The van der Waals surface area contributed by atoms with Crippen LogP contribution < -0.4 is 10.6 Å². The number of hydrogen-bond acceptors (Lipinski definition) is 1. The summed E-state index contributed by atoms with van der Waals surface area (Å²) in [5.41, 5.74) is 0.694. The molecule has 0 saturated carbocycles. The molecular weight excluding hydrogens is 207 g/mol. The Bertz CT molecular complexity index is 396. The van der Waals surface area contributed by atoms with E-state index in [1.165, 1.54) is 6.07 Å². The number of carbonyl (C=O) groups excluding carboxylic acids is 1. The second kappa shape index (κ2) is 4.51. The van der Waals surface area contributed by atoms with Gasteiger partial charge in [0.25, 0.3) is 0 Å². The van der Waals surface area contributed by atoms with Crippen molar-refractivity contribution in [2.45, 2.75) is 33.2 Å². The third-order valence-corrected chi connectivity index (χ3v) is 1.92. The topological polar surface area (TPSA) is 41.1 Å². The van der Waals surface area contributed by atoms with Crippen molar-refractivity contribution in [2.24, 2.45) is 0 Å². The Balaban J connectivity index is 2.67. The summed E-state index contributed by atoms with van der Waals surface area (Å²) in [5.74, 6) is -0.325. The summed E-state index contributed by atoms with van der Waals surface area (Å²) in [5, 5.41) is 5.31. The highest BCUT2D eigenvalue weighted by molar-refractivity contribution is 5.89. The molecule has 0 saturated heterocycles. The summed E-state index contributed by atoms with van der Waals surface area (Å²) in [6.45, 7) is 7.31. The number of urea groups is 1. The number of hydrogen-bond donors (Lipinski definition) is 2. The van der Waals surface area contributed by atoms with Crippen molar-refractivity contribution >= 4 is 11.7 Å². The van der Waals surface area contributed by atoms with E-state index in [1.807, 2.05) is 20.8 Å². The van der Waals surface area contributed by atoms with Crippen LogP contribution in [0.15, 0.2) is 18.2 Å². The summed E-state index contributed by atoms with van der Waals surface area (Å²) < 4.78 is 13.2. The van der Waals surface area contributed by atoms with Gasteiger partial charge in [-0.05, 0) is 45.4 Å². The molecule has 0 heterocycles. The molecule has 4 heteroatoms. The summed E-state index contributed by atoms with van der Waals surface area (Å²) in [7, 11) is 0. The molecule has 3 nitrogen and oxygen atoms in total. The molecule has 0 aliphatic heterocycles. The van der Waals surface area contributed by atoms with Crippen molar-refractivity contribution in [1.29, 1.82) is 0 Å². The molecule has 0 aliphatic carbocycles. The standard InChI is InChI=1S/C12H17FN2O/c1-8-5-6-9(7-10(8)13)14-11(16)15-12(2,3)4/h5-7H,1-4H3,(H2,14,15,16). The molecule has 1 aromatic carbocycles. The van der Waals surface area contributed by atoms with Gasteiger partial charge in [-0.15, -0.1) is 0 Å². The van der Waals surface area contributed by atoms with Crippen molar-refractivity contribution < 1.29 is 9.18 Å². The van der Waals surface area contributed by atoms with Crippen LogP contribution in [0, 0.1) is 12.7 Å². The molecule has 0 atom stereocenters. The zero-order valence-corrected chi connectivity index (χ0v) is 10.0. The highest BCUT2D eigenvalue weighted by Crippen LogP contribution is 2.13. The zero-order chi connectivity index (χ0) is 12.3. The second-order valence-corrected chi connectivity index (χ2v) is 4.79. The van der Waals surface area contributed by atoms with Gasteiger partial charge in [0.05, 0.1) is 0 Å². The minimum atomic E-state index is -0.337. The van der Waals surface area contributed by atoms with Crippen molar-refractivity contribution in [1.82, 2.24) is 5.32 Å². The second-order valence-electron chi connectivity index (χ2n) is 4.79. The number of halogens is 1. The monoisotopic (exact) mass is 224 g/mol. The molecule has 0 aromatic heterocycles. The van der Waals surface area contributed by atoms with Gasteiger partial charge in [-0.25, -0.2) is 9.18 Å². The van der Waals surface area contributed by atoms with Gasteiger partial charge in [0.2, 0.25) is 0 Å². The van der Waals surface area contributed by atoms with Gasteiger partial charge in [0, 0.05) is 11.2 Å². The fraction of sp³-hybridized carbons (Fsp3) is 0.417. The first-order valence-electron chi connectivity index (χ1n) is 5.13. The number of rotatable bonds is 1. The smallest absolute Gasteiger partial charge is 0.319 e. The normalized spacial score (nSPS) is 11.1. The average molecular weight is 224 g/mol. The van der Waals surface area contributed by atoms with Crippen LogP contribution in [0.25, 0.3) is 0 Å². The molecule has 0 bridgehead atoms. The Hall–Kier alpha value is -1.58. The molecule has 16 heavy (non-hydrogen) atoms. The van der Waals surface area contributed by atoms with Crippen molar-refractivity contribution in [3.8, 4) is 0 Å². The first kappa shape index (κ1) is 12.5. The van der Waals surface area contributed by atoms with E-state index in [4.69, 9.17) is 0 Å². The van der Waals surface area contributed by atoms with E-state index < -0.39 is 0 Å². The van der Waals surface area contributed by atoms with Crippen molar-refractivity contribution in [3.63, 3.8) is 0 Å². The van der Waals surface area contributed by atoms with Crippen LogP contribution in [0.2, 0.25) is 0 Å². The molecule has 2 N–H and O–H groups in total. The van der Waals surface area contributed by atoms with E-state index in [0.29, 0.717) is 11.3 Å². The Morgan fingerprint density at radius 3 is 2.44 bits per heavy atom. The van der Waals surface area contributed by atoms with Crippen molar-refractivity contribution in [3.05, 3.63) is 29.6 Å². The summed E-state index contributed by atoms with van der Waals surface area (Å²) in [4.78, 5) is 11.5. The van der Waals surface area contributed by atoms with Gasteiger partial charge >= 0.3 is 6.03 Å². The van der Waals surface area contributed by atoms with Crippen LogP contribution in [-0.4, -0.2) is 11.6 Å². The molecule has 0 fully saturated rings. The number of amides is 2. The molecule has 2 amide bonds. The number of aryl methyl sites for hydroxylation is 1. The number of nitrogens with one attached hydrogen (secondary N) is 2. The van der Waals surface area contributed by atoms with Crippen LogP contribution in [-0.2, 0) is 0 Å². The lowest BCUT2D eigenvalue weighted by molar-refractivity contribution is 0.244. The molecular formula is C12H17FN2O. The van der Waals surface area contributed by atoms with E-state index in [2.05, 4.69) is 10.6 Å². The van der Waals surface area contributed by atoms with Gasteiger partial charge in [-0.3, -0.25) is 0 Å². The summed E-state index contributed by atoms with van der Waals surface area (Å²) >= 11 is 0. The van der Waals surface area contributed by atoms with Crippen molar-refractivity contribution in [2.75, 3.05) is 5.32 Å². The highest BCUT2D eigenvalue weighted by atomic mass is 19.1. The van der Waals surface area contributed by atoms with Gasteiger partial charge < -0.3 is 10.6 Å². The van der Waals surface area contributed by atoms with Gasteiger partial charge in [0.1, 0.15) is 5.82 Å². The fourth-order valence-corrected chi connectivity index (χ4v) is 1.17. The van der Waals surface area contributed by atoms with E-state index in [-0.39, 0.29) is 17.4 Å². The summed E-state index contributed by atoms with van der Waals surface area (Å²) in [6.07, 6.45) is 0. The maximum absolute atomic E-state index is 13.2. The zero-order valence-electron chi connectivity index (χ0n) is 10.0. The van der Waals surface area contributed by atoms with Crippen LogP contribution in [0.4, 0.5) is 14.9 Å². The Morgan fingerprint density at radius 1 is 1.31 bits per heavy atom. The fourth-order valence-electron chi connectivity index (χ4n) is 1.17. The predicted octanol–water partition coefficient (Wildman–Crippen LogP) is 3.05. The third-order valence-electron chi connectivity index (χ3n) is 1.92. The van der Waals surface area contributed by atoms with Gasteiger partial charge in [0.15, 0.2) is 0 Å². The highest BCUT2D eigenvalue weighted by Gasteiger charge is 2.13. The predicted molar refractivity (Wildman–Crippen MR) is 63.0 cm³/mol. The maximum Gasteiger partial charge on any atom is 0.319 e. The lowest BCUT2D eigenvalue weighted by atomic mass is 10.1. The van der Waals surface area contributed by atoms with Crippen LogP contribution >= 0.6 is 0 Å².